The van der Waals surface area contributed by atoms with E-state index in [-0.39, 0.29) is 6.10 Å². The summed E-state index contributed by atoms with van der Waals surface area (Å²) in [6.45, 7) is 5.65. The topological polar surface area (TPSA) is 30.5 Å². The van der Waals surface area contributed by atoms with E-state index >= 15 is 0 Å². The van der Waals surface area contributed by atoms with Crippen LogP contribution in [0, 0.1) is 12.8 Å². The molecule has 0 saturated carbocycles. The van der Waals surface area contributed by atoms with Crippen molar-refractivity contribution < 1.29 is 9.47 Å². The second kappa shape index (κ2) is 8.13. The summed E-state index contributed by atoms with van der Waals surface area (Å²) in [5.74, 6) is 0.543. The minimum atomic E-state index is 0.214. The lowest BCUT2D eigenvalue weighted by atomic mass is 9.89. The van der Waals surface area contributed by atoms with Crippen molar-refractivity contribution in [1.82, 2.24) is 5.32 Å². The highest BCUT2D eigenvalue weighted by Crippen LogP contribution is 2.34. The summed E-state index contributed by atoms with van der Waals surface area (Å²) in [6.07, 6.45) is 2.59. The maximum absolute atomic E-state index is 6.04. The Balaban J connectivity index is 2.00. The number of hydrogen-bond acceptors (Lipinski definition) is 3. The van der Waals surface area contributed by atoms with E-state index in [4.69, 9.17) is 9.47 Å². The molecule has 1 fully saturated rings. The highest BCUT2D eigenvalue weighted by atomic mass is 79.9. The average molecular weight is 342 g/mol. The molecular weight excluding hydrogens is 318 g/mol. The van der Waals surface area contributed by atoms with E-state index in [2.05, 4.69) is 46.4 Å². The van der Waals surface area contributed by atoms with E-state index in [1.807, 2.05) is 0 Å². The van der Waals surface area contributed by atoms with Crippen LogP contribution < -0.4 is 5.32 Å². The molecule has 1 heterocycles. The zero-order valence-electron chi connectivity index (χ0n) is 12.3. The summed E-state index contributed by atoms with van der Waals surface area (Å²) in [6, 6.07) is 6.54. The van der Waals surface area contributed by atoms with Crippen LogP contribution in [-0.4, -0.2) is 33.4 Å². The Bertz CT molecular complexity index is 425. The second-order valence-electron chi connectivity index (χ2n) is 5.40. The monoisotopic (exact) mass is 341 g/mol. The largest absolute Gasteiger partial charge is 0.383 e. The lowest BCUT2D eigenvalue weighted by molar-refractivity contribution is -0.0280. The first kappa shape index (κ1) is 16.0. The van der Waals surface area contributed by atoms with Gasteiger partial charge in [-0.05, 0) is 37.0 Å². The maximum atomic E-state index is 6.04. The molecule has 1 aliphatic heterocycles. The zero-order valence-corrected chi connectivity index (χ0v) is 13.9. The number of rotatable bonds is 6. The molecule has 1 aromatic carbocycles. The lowest BCUT2D eigenvalue weighted by Gasteiger charge is -2.32. The molecule has 1 aliphatic rings. The normalized spacial score (nSPS) is 22.9. The minimum absolute atomic E-state index is 0.214. The molecule has 0 bridgehead atoms. The van der Waals surface area contributed by atoms with Crippen LogP contribution in [0.5, 0.6) is 0 Å². The van der Waals surface area contributed by atoms with Crippen molar-refractivity contribution >= 4 is 15.9 Å². The predicted molar refractivity (Wildman–Crippen MR) is 85.0 cm³/mol. The van der Waals surface area contributed by atoms with Crippen LogP contribution in [-0.2, 0) is 9.47 Å². The fraction of sp³-hybridized carbons (Fsp3) is 0.625. The molecule has 1 N–H and O–H groups in total. The molecule has 1 aromatic rings. The number of aryl methyl sites for hydroxylation is 1. The van der Waals surface area contributed by atoms with Crippen LogP contribution in [0.4, 0.5) is 0 Å². The summed E-state index contributed by atoms with van der Waals surface area (Å²) in [7, 11) is 1.73. The van der Waals surface area contributed by atoms with Gasteiger partial charge in [-0.15, -0.1) is 0 Å². The number of hydrogen-bond donors (Lipinski definition) is 1. The number of ether oxygens (including phenoxy) is 2. The van der Waals surface area contributed by atoms with E-state index in [1.165, 1.54) is 17.5 Å². The highest BCUT2D eigenvalue weighted by molar-refractivity contribution is 9.10. The van der Waals surface area contributed by atoms with E-state index in [0.29, 0.717) is 5.92 Å². The summed E-state index contributed by atoms with van der Waals surface area (Å²) < 4.78 is 12.3. The summed E-state index contributed by atoms with van der Waals surface area (Å²) in [5.41, 5.74) is 2.56. The second-order valence-corrected chi connectivity index (χ2v) is 6.25. The number of methoxy groups -OCH3 is 1. The number of halogens is 1. The van der Waals surface area contributed by atoms with Crippen LogP contribution in [0.15, 0.2) is 22.7 Å². The van der Waals surface area contributed by atoms with E-state index < -0.39 is 0 Å². The van der Waals surface area contributed by atoms with Gasteiger partial charge in [-0.25, -0.2) is 0 Å². The van der Waals surface area contributed by atoms with Gasteiger partial charge in [0.05, 0.1) is 12.7 Å². The summed E-state index contributed by atoms with van der Waals surface area (Å²) in [4.78, 5) is 0. The van der Waals surface area contributed by atoms with Crippen LogP contribution in [0.3, 0.4) is 0 Å². The maximum Gasteiger partial charge on any atom is 0.0865 e. The van der Waals surface area contributed by atoms with Gasteiger partial charge in [0.25, 0.3) is 0 Å². The molecule has 0 aliphatic carbocycles. The Morgan fingerprint density at radius 2 is 2.30 bits per heavy atom. The standard InChI is InChI=1S/C16H24BrNO2/c1-12-10-13(5-6-15(12)17)16-14(4-3-8-20-16)11-18-7-9-19-2/h5-6,10,14,16,18H,3-4,7-9,11H2,1-2H3. The Hall–Kier alpha value is -0.420. The lowest BCUT2D eigenvalue weighted by Crippen LogP contribution is -2.33. The van der Waals surface area contributed by atoms with Crippen molar-refractivity contribution in [2.45, 2.75) is 25.9 Å². The zero-order chi connectivity index (χ0) is 14.4. The van der Waals surface area contributed by atoms with E-state index in [9.17, 15) is 0 Å². The van der Waals surface area contributed by atoms with Gasteiger partial charge in [-0.2, -0.15) is 0 Å². The van der Waals surface area contributed by atoms with Crippen molar-refractivity contribution in [3.63, 3.8) is 0 Å². The van der Waals surface area contributed by atoms with Gasteiger partial charge >= 0.3 is 0 Å². The van der Waals surface area contributed by atoms with Gasteiger partial charge in [-0.3, -0.25) is 0 Å². The Morgan fingerprint density at radius 3 is 3.05 bits per heavy atom. The summed E-state index contributed by atoms with van der Waals surface area (Å²) in [5, 5.41) is 3.47. The van der Waals surface area contributed by atoms with Crippen LogP contribution in [0.1, 0.15) is 30.1 Å². The van der Waals surface area contributed by atoms with Crippen molar-refractivity contribution in [3.8, 4) is 0 Å². The summed E-state index contributed by atoms with van der Waals surface area (Å²) >= 11 is 3.56. The molecule has 4 heteroatoms. The first-order chi connectivity index (χ1) is 9.72. The van der Waals surface area contributed by atoms with Gasteiger partial charge in [0.2, 0.25) is 0 Å². The van der Waals surface area contributed by atoms with Gasteiger partial charge in [0.15, 0.2) is 0 Å². The molecule has 0 radical (unpaired) electrons. The molecule has 0 amide bonds. The SMILES string of the molecule is COCCNCC1CCCOC1c1ccc(Br)c(C)c1. The van der Waals surface area contributed by atoms with Gasteiger partial charge in [0.1, 0.15) is 0 Å². The Morgan fingerprint density at radius 1 is 1.45 bits per heavy atom. The number of nitrogens with one attached hydrogen (secondary N) is 1. The minimum Gasteiger partial charge on any atom is -0.383 e. The smallest absolute Gasteiger partial charge is 0.0865 e. The molecule has 2 atom stereocenters. The van der Waals surface area contributed by atoms with Gasteiger partial charge in [-0.1, -0.05) is 28.1 Å². The van der Waals surface area contributed by atoms with Crippen LogP contribution >= 0.6 is 15.9 Å². The average Bonchev–Trinajstić information content (AvgIpc) is 2.47. The molecule has 2 rings (SSSR count). The highest BCUT2D eigenvalue weighted by Gasteiger charge is 2.27. The van der Waals surface area contributed by atoms with Gasteiger partial charge in [0, 0.05) is 37.2 Å². The predicted octanol–water partition coefficient (Wildman–Crippen LogP) is 3.46. The first-order valence-electron chi connectivity index (χ1n) is 7.29. The Labute approximate surface area is 130 Å². The Kier molecular flexibility index (Phi) is 6.49. The van der Waals surface area contributed by atoms with Crippen molar-refractivity contribution in [1.29, 1.82) is 0 Å². The van der Waals surface area contributed by atoms with Crippen molar-refractivity contribution in [2.24, 2.45) is 5.92 Å². The third-order valence-electron chi connectivity index (χ3n) is 3.84. The molecule has 2 unspecified atom stereocenters. The molecule has 0 spiro atoms. The van der Waals surface area contributed by atoms with Crippen LogP contribution in [0.25, 0.3) is 0 Å². The third kappa shape index (κ3) is 4.29. The molecule has 112 valence electrons. The van der Waals surface area contributed by atoms with Gasteiger partial charge < -0.3 is 14.8 Å². The fourth-order valence-corrected chi connectivity index (χ4v) is 2.97. The van der Waals surface area contributed by atoms with E-state index in [1.54, 1.807) is 7.11 Å². The molecule has 3 nitrogen and oxygen atoms in total. The molecule has 20 heavy (non-hydrogen) atoms. The van der Waals surface area contributed by atoms with Crippen molar-refractivity contribution in [2.75, 3.05) is 33.4 Å². The molecular formula is C16H24BrNO2. The van der Waals surface area contributed by atoms with Crippen LogP contribution in [0.2, 0.25) is 0 Å². The fourth-order valence-electron chi connectivity index (χ4n) is 2.73. The number of benzene rings is 1. The van der Waals surface area contributed by atoms with Crippen molar-refractivity contribution in [3.05, 3.63) is 33.8 Å². The van der Waals surface area contributed by atoms with E-state index in [0.717, 1.165) is 37.2 Å². The molecule has 0 aromatic heterocycles. The first-order valence-corrected chi connectivity index (χ1v) is 8.09. The molecule has 1 saturated heterocycles. The quantitative estimate of drug-likeness (QED) is 0.803. The third-order valence-corrected chi connectivity index (χ3v) is 4.73.